The molecule has 1 aromatic carbocycles. The Kier molecular flexibility index (Phi) is 4.08. The minimum atomic E-state index is -0.336. The third kappa shape index (κ3) is 3.22. The van der Waals surface area contributed by atoms with E-state index in [9.17, 15) is 4.79 Å². The van der Waals surface area contributed by atoms with Crippen LogP contribution in [0.1, 0.15) is 21.9 Å². The lowest BCUT2D eigenvalue weighted by Crippen LogP contribution is -2.15. The van der Waals surface area contributed by atoms with Crippen molar-refractivity contribution in [2.45, 2.75) is 13.8 Å². The zero-order valence-electron chi connectivity index (χ0n) is 12.6. The largest absolute Gasteiger partial charge is 0.320 e. The number of imidazole rings is 1. The first-order valence-electron chi connectivity index (χ1n) is 6.96. The van der Waals surface area contributed by atoms with Gasteiger partial charge in [0.05, 0.1) is 0 Å². The van der Waals surface area contributed by atoms with E-state index < -0.39 is 0 Å². The second kappa shape index (κ2) is 6.18. The normalized spacial score (nSPS) is 10.6. The molecule has 0 saturated heterocycles. The molecule has 1 N–H and O–H groups in total. The average molecular weight is 328 g/mol. The number of aromatic nitrogens is 4. The number of carbonyl (C=O) groups is 1. The van der Waals surface area contributed by atoms with Crippen molar-refractivity contribution in [3.05, 3.63) is 64.8 Å². The number of nitrogens with zero attached hydrogens (tertiary/aromatic N) is 4. The molecule has 1 amide bonds. The van der Waals surface area contributed by atoms with Gasteiger partial charge in [-0.2, -0.15) is 0 Å². The minimum Gasteiger partial charge on any atom is -0.320 e. The molecule has 0 atom stereocenters. The summed E-state index contributed by atoms with van der Waals surface area (Å²) in [6, 6.07) is 8.66. The van der Waals surface area contributed by atoms with Gasteiger partial charge >= 0.3 is 0 Å². The van der Waals surface area contributed by atoms with Crippen LogP contribution in [0.3, 0.4) is 0 Å². The van der Waals surface area contributed by atoms with E-state index in [4.69, 9.17) is 11.6 Å². The lowest BCUT2D eigenvalue weighted by atomic mass is 10.2. The number of halogens is 1. The van der Waals surface area contributed by atoms with E-state index in [0.29, 0.717) is 16.5 Å². The molecule has 7 heteroatoms. The number of aryl methyl sites for hydroxylation is 2. The molecule has 6 nitrogen and oxygen atoms in total. The molecule has 0 saturated carbocycles. The quantitative estimate of drug-likeness (QED) is 0.802. The molecule has 0 unspecified atom stereocenters. The molecule has 23 heavy (non-hydrogen) atoms. The highest BCUT2D eigenvalue weighted by molar-refractivity contribution is 6.31. The first-order valence-corrected chi connectivity index (χ1v) is 7.34. The maximum atomic E-state index is 12.3. The zero-order valence-corrected chi connectivity index (χ0v) is 13.4. The molecule has 0 bridgehead atoms. The third-order valence-electron chi connectivity index (χ3n) is 3.40. The van der Waals surface area contributed by atoms with Crippen molar-refractivity contribution in [2.75, 3.05) is 5.32 Å². The SMILES string of the molecule is Cc1ccc(Cl)cc1NC(=O)c1ccc(-n2ccnc2C)nn1. The van der Waals surface area contributed by atoms with Gasteiger partial charge in [-0.1, -0.05) is 17.7 Å². The number of carbonyl (C=O) groups excluding carboxylic acids is 1. The first-order chi connectivity index (χ1) is 11.0. The van der Waals surface area contributed by atoms with E-state index in [1.807, 2.05) is 19.9 Å². The van der Waals surface area contributed by atoms with Crippen LogP contribution in [0.15, 0.2) is 42.7 Å². The topological polar surface area (TPSA) is 72.7 Å². The Hall–Kier alpha value is -2.73. The van der Waals surface area contributed by atoms with Gasteiger partial charge in [0.15, 0.2) is 11.5 Å². The van der Waals surface area contributed by atoms with Gasteiger partial charge in [0.1, 0.15) is 5.82 Å². The third-order valence-corrected chi connectivity index (χ3v) is 3.64. The van der Waals surface area contributed by atoms with Crippen LogP contribution in [0.4, 0.5) is 5.69 Å². The summed E-state index contributed by atoms with van der Waals surface area (Å²) >= 11 is 5.95. The molecule has 0 aliphatic carbocycles. The van der Waals surface area contributed by atoms with Crippen molar-refractivity contribution >= 4 is 23.2 Å². The van der Waals surface area contributed by atoms with E-state index in [2.05, 4.69) is 20.5 Å². The standard InChI is InChI=1S/C16H14ClN5O/c1-10-3-4-12(17)9-14(10)19-16(23)13-5-6-15(21-20-13)22-8-7-18-11(22)2/h3-9H,1-2H3,(H,19,23). The Balaban J connectivity index is 1.81. The summed E-state index contributed by atoms with van der Waals surface area (Å²) in [6.07, 6.45) is 3.47. The van der Waals surface area contributed by atoms with E-state index in [1.54, 1.807) is 41.2 Å². The van der Waals surface area contributed by atoms with Crippen LogP contribution in [0.25, 0.3) is 5.82 Å². The molecular weight excluding hydrogens is 314 g/mol. The van der Waals surface area contributed by atoms with E-state index in [-0.39, 0.29) is 11.6 Å². The number of amides is 1. The fourth-order valence-electron chi connectivity index (χ4n) is 2.11. The predicted molar refractivity (Wildman–Crippen MR) is 88.0 cm³/mol. The lowest BCUT2D eigenvalue weighted by molar-refractivity contribution is 0.102. The first kappa shape index (κ1) is 15.2. The number of benzene rings is 1. The van der Waals surface area contributed by atoms with Crippen LogP contribution < -0.4 is 5.32 Å². The van der Waals surface area contributed by atoms with Crippen molar-refractivity contribution in [1.29, 1.82) is 0 Å². The van der Waals surface area contributed by atoms with Crippen LogP contribution in [0, 0.1) is 13.8 Å². The van der Waals surface area contributed by atoms with Crippen LogP contribution in [-0.2, 0) is 0 Å². The number of nitrogens with one attached hydrogen (secondary N) is 1. The number of rotatable bonds is 3. The fraction of sp³-hybridized carbons (Fsp3) is 0.125. The van der Waals surface area contributed by atoms with E-state index in [0.717, 1.165) is 11.4 Å². The summed E-state index contributed by atoms with van der Waals surface area (Å²) in [7, 11) is 0. The molecule has 0 spiro atoms. The van der Waals surface area contributed by atoms with Crippen molar-refractivity contribution in [2.24, 2.45) is 0 Å². The molecule has 0 aliphatic heterocycles. The van der Waals surface area contributed by atoms with Crippen LogP contribution in [0.2, 0.25) is 5.02 Å². The van der Waals surface area contributed by atoms with Gasteiger partial charge in [-0.05, 0) is 43.7 Å². The summed E-state index contributed by atoms with van der Waals surface area (Å²) in [6.45, 7) is 3.76. The maximum Gasteiger partial charge on any atom is 0.276 e. The monoisotopic (exact) mass is 327 g/mol. The second-order valence-corrected chi connectivity index (χ2v) is 5.47. The Morgan fingerprint density at radius 1 is 1.17 bits per heavy atom. The van der Waals surface area contributed by atoms with Gasteiger partial charge in [0, 0.05) is 23.1 Å². The Labute approximate surface area is 138 Å². The predicted octanol–water partition coefficient (Wildman–Crippen LogP) is 3.18. The maximum absolute atomic E-state index is 12.3. The van der Waals surface area contributed by atoms with E-state index >= 15 is 0 Å². The fourth-order valence-corrected chi connectivity index (χ4v) is 2.28. The molecule has 0 radical (unpaired) electrons. The van der Waals surface area contributed by atoms with Gasteiger partial charge < -0.3 is 5.32 Å². The van der Waals surface area contributed by atoms with E-state index in [1.165, 1.54) is 0 Å². The lowest BCUT2D eigenvalue weighted by Gasteiger charge is -2.08. The molecule has 2 aromatic heterocycles. The highest BCUT2D eigenvalue weighted by Crippen LogP contribution is 2.20. The summed E-state index contributed by atoms with van der Waals surface area (Å²) in [5, 5.41) is 11.4. The van der Waals surface area contributed by atoms with Crippen LogP contribution in [-0.4, -0.2) is 25.7 Å². The van der Waals surface area contributed by atoms with Crippen molar-refractivity contribution in [3.8, 4) is 5.82 Å². The molecule has 116 valence electrons. The van der Waals surface area contributed by atoms with Crippen molar-refractivity contribution in [1.82, 2.24) is 19.7 Å². The summed E-state index contributed by atoms with van der Waals surface area (Å²) in [5.74, 6) is 1.07. The summed E-state index contributed by atoms with van der Waals surface area (Å²) in [4.78, 5) is 16.4. The Morgan fingerprint density at radius 2 is 2.00 bits per heavy atom. The highest BCUT2D eigenvalue weighted by Gasteiger charge is 2.11. The molecular formula is C16H14ClN5O. The molecule has 3 aromatic rings. The molecule has 0 aliphatic rings. The van der Waals surface area contributed by atoms with Crippen molar-refractivity contribution in [3.63, 3.8) is 0 Å². The average Bonchev–Trinajstić information content (AvgIpc) is 2.97. The summed E-state index contributed by atoms with van der Waals surface area (Å²) < 4.78 is 1.79. The van der Waals surface area contributed by atoms with Gasteiger partial charge in [0.25, 0.3) is 5.91 Å². The highest BCUT2D eigenvalue weighted by atomic mass is 35.5. The molecule has 2 heterocycles. The smallest absolute Gasteiger partial charge is 0.276 e. The van der Waals surface area contributed by atoms with Gasteiger partial charge in [-0.3, -0.25) is 9.36 Å². The number of hydrogen-bond donors (Lipinski definition) is 1. The molecule has 0 fully saturated rings. The second-order valence-electron chi connectivity index (χ2n) is 5.03. The van der Waals surface area contributed by atoms with Gasteiger partial charge in [0.2, 0.25) is 0 Å². The minimum absolute atomic E-state index is 0.228. The molecule has 3 rings (SSSR count). The number of anilines is 1. The van der Waals surface area contributed by atoms with Crippen molar-refractivity contribution < 1.29 is 4.79 Å². The Bertz CT molecular complexity index is 857. The zero-order chi connectivity index (χ0) is 16.4. The van der Waals surface area contributed by atoms with Gasteiger partial charge in [-0.25, -0.2) is 4.98 Å². The van der Waals surface area contributed by atoms with Crippen LogP contribution >= 0.6 is 11.6 Å². The summed E-state index contributed by atoms with van der Waals surface area (Å²) in [5.41, 5.74) is 1.80. The van der Waals surface area contributed by atoms with Gasteiger partial charge in [-0.15, -0.1) is 10.2 Å². The Morgan fingerprint density at radius 3 is 2.65 bits per heavy atom. The number of hydrogen-bond acceptors (Lipinski definition) is 4. The van der Waals surface area contributed by atoms with Crippen LogP contribution in [0.5, 0.6) is 0 Å².